The topological polar surface area (TPSA) is 62.6 Å². The second-order valence-electron chi connectivity index (χ2n) is 6.35. The second-order valence-corrected chi connectivity index (χ2v) is 8.66. The molecule has 3 aromatic rings. The highest BCUT2D eigenvalue weighted by Crippen LogP contribution is 2.39. The van der Waals surface area contributed by atoms with Gasteiger partial charge in [0, 0.05) is 14.8 Å². The minimum atomic E-state index is -0.157. The number of carbonyl (C=O) groups excluding carboxylic acids is 2. The summed E-state index contributed by atoms with van der Waals surface area (Å²) in [6.45, 7) is 0.443. The Labute approximate surface area is 180 Å². The Kier molecular flexibility index (Phi) is 5.72. The van der Waals surface area contributed by atoms with E-state index in [1.165, 1.54) is 0 Å². The summed E-state index contributed by atoms with van der Waals surface area (Å²) in [4.78, 5) is 26.6. The normalized spacial score (nSPS) is 16.4. The van der Waals surface area contributed by atoms with Gasteiger partial charge in [0.25, 0.3) is 5.91 Å². The summed E-state index contributed by atoms with van der Waals surface area (Å²) in [7, 11) is 0. The number of nitrogens with one attached hydrogen (secondary N) is 1. The van der Waals surface area contributed by atoms with Crippen molar-refractivity contribution in [3.05, 3.63) is 87.4 Å². The second kappa shape index (κ2) is 8.40. The monoisotopic (exact) mass is 504 g/mol. The number of anilines is 1. The zero-order valence-corrected chi connectivity index (χ0v) is 17.8. The fourth-order valence-electron chi connectivity index (χ4n) is 3.01. The molecule has 7 heteroatoms. The van der Waals surface area contributed by atoms with Gasteiger partial charge < -0.3 is 14.6 Å². The molecule has 2 amide bonds. The molecule has 0 spiro atoms. The van der Waals surface area contributed by atoms with Crippen LogP contribution in [0.3, 0.4) is 0 Å². The van der Waals surface area contributed by atoms with E-state index in [0.29, 0.717) is 17.9 Å². The molecule has 1 aliphatic heterocycles. The summed E-state index contributed by atoms with van der Waals surface area (Å²) in [5.41, 5.74) is 2.33. The van der Waals surface area contributed by atoms with Gasteiger partial charge in [-0.2, -0.15) is 0 Å². The molecule has 0 unspecified atom stereocenters. The molecule has 1 aliphatic rings. The highest BCUT2D eigenvalue weighted by molar-refractivity contribution is 14.1. The largest absolute Gasteiger partial charge is 0.467 e. The van der Waals surface area contributed by atoms with Crippen molar-refractivity contribution in [2.75, 3.05) is 11.1 Å². The smallest absolute Gasteiger partial charge is 0.255 e. The zero-order chi connectivity index (χ0) is 19.5. The molecular weight excluding hydrogens is 487 g/mol. The first kappa shape index (κ1) is 19.1. The predicted octanol–water partition coefficient (Wildman–Crippen LogP) is 4.91. The van der Waals surface area contributed by atoms with E-state index in [4.69, 9.17) is 4.42 Å². The van der Waals surface area contributed by atoms with Gasteiger partial charge in [0.2, 0.25) is 5.91 Å². The lowest BCUT2D eigenvalue weighted by Crippen LogP contribution is -2.27. The molecule has 2 heterocycles. The molecule has 1 aromatic heterocycles. The summed E-state index contributed by atoms with van der Waals surface area (Å²) in [5, 5.41) is 2.82. The van der Waals surface area contributed by atoms with Crippen LogP contribution < -0.4 is 5.32 Å². The molecule has 1 fully saturated rings. The van der Waals surface area contributed by atoms with E-state index in [-0.39, 0.29) is 17.2 Å². The van der Waals surface area contributed by atoms with Crippen LogP contribution in [0.4, 0.5) is 5.69 Å². The highest BCUT2D eigenvalue weighted by atomic mass is 127. The number of rotatable bonds is 5. The van der Waals surface area contributed by atoms with E-state index >= 15 is 0 Å². The molecule has 0 aliphatic carbocycles. The van der Waals surface area contributed by atoms with Crippen LogP contribution in [0.2, 0.25) is 0 Å². The average Bonchev–Trinajstić information content (AvgIpc) is 3.35. The van der Waals surface area contributed by atoms with Crippen LogP contribution in [0.25, 0.3) is 0 Å². The van der Waals surface area contributed by atoms with Gasteiger partial charge in [-0.25, -0.2) is 0 Å². The Bertz CT molecular complexity index is 972. The Morgan fingerprint density at radius 3 is 2.57 bits per heavy atom. The fraction of sp³-hybridized carbons (Fsp3) is 0.143. The van der Waals surface area contributed by atoms with Gasteiger partial charge in [0.15, 0.2) is 0 Å². The number of nitrogens with zero attached hydrogens (tertiary/aromatic N) is 1. The Morgan fingerprint density at radius 1 is 1.14 bits per heavy atom. The van der Waals surface area contributed by atoms with Crippen molar-refractivity contribution in [3.63, 3.8) is 0 Å². The van der Waals surface area contributed by atoms with E-state index in [9.17, 15) is 9.59 Å². The maximum Gasteiger partial charge on any atom is 0.255 e. The van der Waals surface area contributed by atoms with Crippen molar-refractivity contribution in [3.8, 4) is 0 Å². The van der Waals surface area contributed by atoms with Crippen LogP contribution in [0, 0.1) is 3.57 Å². The summed E-state index contributed by atoms with van der Waals surface area (Å²) in [6, 6.07) is 18.7. The molecule has 5 nitrogen and oxygen atoms in total. The van der Waals surface area contributed by atoms with Crippen molar-refractivity contribution in [1.29, 1.82) is 0 Å². The fourth-order valence-corrected chi connectivity index (χ4v) is 4.55. The zero-order valence-electron chi connectivity index (χ0n) is 14.8. The van der Waals surface area contributed by atoms with Crippen LogP contribution in [-0.4, -0.2) is 22.5 Å². The van der Waals surface area contributed by atoms with Crippen molar-refractivity contribution >= 4 is 51.9 Å². The van der Waals surface area contributed by atoms with Crippen LogP contribution in [0.15, 0.2) is 71.3 Å². The van der Waals surface area contributed by atoms with E-state index in [2.05, 4.69) is 27.9 Å². The molecule has 4 rings (SSSR count). The minimum absolute atomic E-state index is 0.0779. The van der Waals surface area contributed by atoms with Crippen molar-refractivity contribution < 1.29 is 14.0 Å². The molecule has 1 saturated heterocycles. The number of thioether (sulfide) groups is 1. The summed E-state index contributed by atoms with van der Waals surface area (Å²) >= 11 is 3.81. The maximum atomic E-state index is 12.5. The SMILES string of the molecule is O=C(Nc1ccc(I)cc1)c1ccc([C@@H]2SCC(=O)N2Cc2ccco2)cc1. The number of carbonyl (C=O) groups is 2. The van der Waals surface area contributed by atoms with E-state index in [1.807, 2.05) is 53.4 Å². The number of halogens is 1. The number of hydrogen-bond donors (Lipinski definition) is 1. The minimum Gasteiger partial charge on any atom is -0.467 e. The third-order valence-electron chi connectivity index (χ3n) is 4.43. The summed E-state index contributed by atoms with van der Waals surface area (Å²) in [6.07, 6.45) is 1.61. The molecule has 142 valence electrons. The number of amides is 2. The van der Waals surface area contributed by atoms with Gasteiger partial charge in [-0.1, -0.05) is 12.1 Å². The molecular formula is C21H17IN2O3S. The first-order valence-corrected chi connectivity index (χ1v) is 10.8. The molecule has 28 heavy (non-hydrogen) atoms. The number of hydrogen-bond acceptors (Lipinski definition) is 4. The number of benzene rings is 2. The first-order chi connectivity index (χ1) is 13.6. The van der Waals surface area contributed by atoms with E-state index in [0.717, 1.165) is 20.6 Å². The lowest BCUT2D eigenvalue weighted by atomic mass is 10.1. The Hall–Kier alpha value is -2.26. The average molecular weight is 504 g/mol. The lowest BCUT2D eigenvalue weighted by molar-refractivity contribution is -0.128. The summed E-state index contributed by atoms with van der Waals surface area (Å²) in [5.74, 6) is 1.14. The van der Waals surface area contributed by atoms with Crippen LogP contribution in [0.5, 0.6) is 0 Å². The highest BCUT2D eigenvalue weighted by Gasteiger charge is 2.33. The van der Waals surface area contributed by atoms with Gasteiger partial charge in [0.05, 0.1) is 18.6 Å². The molecule has 0 saturated carbocycles. The van der Waals surface area contributed by atoms with Crippen LogP contribution in [-0.2, 0) is 11.3 Å². The molecule has 0 bridgehead atoms. The Morgan fingerprint density at radius 2 is 1.89 bits per heavy atom. The standard InChI is InChI=1S/C21H17IN2O3S/c22-16-7-9-17(10-8-16)23-20(26)14-3-5-15(6-4-14)21-24(19(25)13-28-21)12-18-2-1-11-27-18/h1-11,21H,12-13H2,(H,23,26)/t21-/m0/s1. The molecule has 0 radical (unpaired) electrons. The van der Waals surface area contributed by atoms with E-state index < -0.39 is 0 Å². The number of furan rings is 1. The van der Waals surface area contributed by atoms with Crippen molar-refractivity contribution in [2.24, 2.45) is 0 Å². The van der Waals surface area contributed by atoms with Gasteiger partial charge in [-0.05, 0) is 76.7 Å². The maximum absolute atomic E-state index is 12.5. The third kappa shape index (κ3) is 4.25. The quantitative estimate of drug-likeness (QED) is 0.502. The van der Waals surface area contributed by atoms with Crippen LogP contribution >= 0.6 is 34.4 Å². The molecule has 1 N–H and O–H groups in total. The first-order valence-electron chi connectivity index (χ1n) is 8.70. The van der Waals surface area contributed by atoms with Gasteiger partial charge in [-0.3, -0.25) is 9.59 Å². The van der Waals surface area contributed by atoms with Gasteiger partial charge in [0.1, 0.15) is 11.1 Å². The summed E-state index contributed by atoms with van der Waals surface area (Å²) < 4.78 is 6.50. The van der Waals surface area contributed by atoms with E-state index in [1.54, 1.807) is 30.2 Å². The van der Waals surface area contributed by atoms with Crippen molar-refractivity contribution in [2.45, 2.75) is 11.9 Å². The van der Waals surface area contributed by atoms with Gasteiger partial charge in [-0.15, -0.1) is 11.8 Å². The van der Waals surface area contributed by atoms with Crippen molar-refractivity contribution in [1.82, 2.24) is 4.90 Å². The lowest BCUT2D eigenvalue weighted by Gasteiger charge is -2.23. The van der Waals surface area contributed by atoms with Crippen LogP contribution in [0.1, 0.15) is 27.1 Å². The third-order valence-corrected chi connectivity index (χ3v) is 6.41. The Balaban J connectivity index is 1.46. The predicted molar refractivity (Wildman–Crippen MR) is 118 cm³/mol. The van der Waals surface area contributed by atoms with Gasteiger partial charge >= 0.3 is 0 Å². The molecule has 2 aromatic carbocycles. The molecule has 1 atom stereocenters.